The number of carbonyl (C=O) groups is 1. The van der Waals surface area contributed by atoms with E-state index in [-0.39, 0.29) is 0 Å². The first-order valence-electron chi connectivity index (χ1n) is 7.70. The van der Waals surface area contributed by atoms with E-state index < -0.39 is 5.97 Å². The number of aromatic nitrogens is 1. The zero-order valence-corrected chi connectivity index (χ0v) is 12.8. The molecule has 110 valence electrons. The van der Waals surface area contributed by atoms with Crippen LogP contribution in [0.1, 0.15) is 60.8 Å². The average molecular weight is 294 g/mol. The van der Waals surface area contributed by atoms with E-state index >= 15 is 0 Å². The summed E-state index contributed by atoms with van der Waals surface area (Å²) in [4.78, 5) is 18.8. The fourth-order valence-electron chi connectivity index (χ4n) is 3.73. The quantitative estimate of drug-likeness (QED) is 0.926. The van der Waals surface area contributed by atoms with Crippen molar-refractivity contribution < 1.29 is 9.90 Å². The predicted molar refractivity (Wildman–Crippen MR) is 80.8 cm³/mol. The summed E-state index contributed by atoms with van der Waals surface area (Å²) in [7, 11) is 0. The van der Waals surface area contributed by atoms with Gasteiger partial charge in [0.25, 0.3) is 0 Å². The monoisotopic (exact) mass is 294 g/mol. The second kappa shape index (κ2) is 5.72. The van der Waals surface area contributed by atoms with Gasteiger partial charge in [0.05, 0.1) is 5.69 Å². The number of aromatic carboxylic acids is 1. The van der Waals surface area contributed by atoms with Gasteiger partial charge < -0.3 is 10.0 Å². The van der Waals surface area contributed by atoms with Crippen molar-refractivity contribution in [3.63, 3.8) is 0 Å². The molecule has 0 radical (unpaired) electrons. The van der Waals surface area contributed by atoms with Gasteiger partial charge in [0.15, 0.2) is 5.13 Å². The van der Waals surface area contributed by atoms with Gasteiger partial charge in [-0.15, -0.1) is 0 Å². The number of piperidine rings is 1. The van der Waals surface area contributed by atoms with E-state index in [1.54, 1.807) is 0 Å². The molecule has 3 rings (SSSR count). The molecule has 2 unspecified atom stereocenters. The van der Waals surface area contributed by atoms with Gasteiger partial charge in [-0.05, 0) is 38.0 Å². The maximum Gasteiger partial charge on any atom is 0.347 e. The molecule has 5 heteroatoms. The lowest BCUT2D eigenvalue weighted by Gasteiger charge is -2.44. The molecule has 1 N–H and O–H groups in total. The second-order valence-electron chi connectivity index (χ2n) is 5.88. The molecule has 1 aromatic heterocycles. The molecule has 1 aliphatic heterocycles. The fraction of sp³-hybridized carbons (Fsp3) is 0.733. The third-order valence-corrected chi connectivity index (χ3v) is 5.83. The molecule has 0 spiro atoms. The van der Waals surface area contributed by atoms with Gasteiger partial charge in [-0.25, -0.2) is 9.78 Å². The number of anilines is 1. The van der Waals surface area contributed by atoms with Crippen molar-refractivity contribution in [2.75, 3.05) is 11.4 Å². The molecule has 2 heterocycles. The molecular formula is C15H22N2O2S. The Balaban J connectivity index is 1.89. The summed E-state index contributed by atoms with van der Waals surface area (Å²) in [6.07, 6.45) is 8.47. The number of rotatable bonds is 3. The number of carboxylic acid groups (broad SMARTS) is 1. The molecule has 2 fully saturated rings. The Hall–Kier alpha value is -1.10. The van der Waals surface area contributed by atoms with E-state index in [4.69, 9.17) is 0 Å². The van der Waals surface area contributed by atoms with Crippen molar-refractivity contribution in [3.8, 4) is 0 Å². The van der Waals surface area contributed by atoms with Crippen LogP contribution in [0.25, 0.3) is 0 Å². The minimum absolute atomic E-state index is 0.431. The number of carboxylic acids is 1. The molecular weight excluding hydrogens is 272 g/mol. The highest BCUT2D eigenvalue weighted by molar-refractivity contribution is 7.17. The van der Waals surface area contributed by atoms with Crippen LogP contribution in [-0.4, -0.2) is 28.6 Å². The Morgan fingerprint density at radius 1 is 1.35 bits per heavy atom. The predicted octanol–water partition coefficient (Wildman–Crippen LogP) is 3.56. The van der Waals surface area contributed by atoms with Gasteiger partial charge in [0, 0.05) is 12.6 Å². The number of aryl methyl sites for hydroxylation is 1. The van der Waals surface area contributed by atoms with Gasteiger partial charge in [-0.3, -0.25) is 0 Å². The first-order chi connectivity index (χ1) is 9.70. The van der Waals surface area contributed by atoms with Crippen molar-refractivity contribution in [3.05, 3.63) is 10.6 Å². The molecule has 0 aromatic carbocycles. The minimum atomic E-state index is -0.831. The summed E-state index contributed by atoms with van der Waals surface area (Å²) in [5.74, 6) is -0.0393. The first kappa shape index (κ1) is 13.9. The van der Waals surface area contributed by atoms with Gasteiger partial charge >= 0.3 is 5.97 Å². The summed E-state index contributed by atoms with van der Waals surface area (Å²) in [5.41, 5.74) is 0.746. The largest absolute Gasteiger partial charge is 0.477 e. The maximum absolute atomic E-state index is 11.3. The number of hydrogen-bond acceptors (Lipinski definition) is 4. The lowest BCUT2D eigenvalue weighted by Crippen LogP contribution is -2.46. The Bertz CT molecular complexity index is 498. The van der Waals surface area contributed by atoms with E-state index in [9.17, 15) is 9.90 Å². The third kappa shape index (κ3) is 2.43. The standard InChI is InChI=1S/C15H22N2O2S/c1-2-11-13(14(18)19)20-15(16-11)17-9-5-7-10-6-3-4-8-12(10)17/h10,12H,2-9H2,1H3,(H,18,19). The smallest absolute Gasteiger partial charge is 0.347 e. The Labute approximate surface area is 123 Å². The van der Waals surface area contributed by atoms with Crippen molar-refractivity contribution in [1.82, 2.24) is 4.98 Å². The van der Waals surface area contributed by atoms with E-state index in [2.05, 4.69) is 9.88 Å². The van der Waals surface area contributed by atoms with Crippen LogP contribution in [0.15, 0.2) is 0 Å². The lowest BCUT2D eigenvalue weighted by molar-refractivity contribution is 0.0701. The zero-order valence-electron chi connectivity index (χ0n) is 12.0. The topological polar surface area (TPSA) is 53.4 Å². The summed E-state index contributed by atoms with van der Waals surface area (Å²) < 4.78 is 0. The van der Waals surface area contributed by atoms with Crippen LogP contribution in [0.3, 0.4) is 0 Å². The molecule has 1 saturated heterocycles. The van der Waals surface area contributed by atoms with Gasteiger partial charge in [0.2, 0.25) is 0 Å². The highest BCUT2D eigenvalue weighted by atomic mass is 32.1. The number of thiazole rings is 1. The average Bonchev–Trinajstić information content (AvgIpc) is 2.91. The van der Waals surface area contributed by atoms with Crippen LogP contribution >= 0.6 is 11.3 Å². The molecule has 0 bridgehead atoms. The van der Waals surface area contributed by atoms with Crippen molar-refractivity contribution >= 4 is 22.4 Å². The van der Waals surface area contributed by atoms with Gasteiger partial charge in [0.1, 0.15) is 4.88 Å². The number of fused-ring (bicyclic) bond motifs is 1. The van der Waals surface area contributed by atoms with E-state index in [0.717, 1.165) is 23.3 Å². The molecule has 4 nitrogen and oxygen atoms in total. The fourth-order valence-corrected chi connectivity index (χ4v) is 4.81. The molecule has 20 heavy (non-hydrogen) atoms. The van der Waals surface area contributed by atoms with E-state index in [0.29, 0.717) is 17.3 Å². The molecule has 0 amide bonds. The first-order valence-corrected chi connectivity index (χ1v) is 8.52. The summed E-state index contributed by atoms with van der Waals surface area (Å²) in [5, 5.41) is 10.2. The molecule has 2 atom stereocenters. The zero-order chi connectivity index (χ0) is 14.1. The molecule has 1 aromatic rings. The summed E-state index contributed by atoms with van der Waals surface area (Å²) >= 11 is 1.37. The van der Waals surface area contributed by atoms with Gasteiger partial charge in [-0.2, -0.15) is 0 Å². The Kier molecular flexibility index (Phi) is 3.96. The van der Waals surface area contributed by atoms with Crippen molar-refractivity contribution in [2.24, 2.45) is 5.92 Å². The van der Waals surface area contributed by atoms with E-state index in [1.165, 1.54) is 49.9 Å². The van der Waals surface area contributed by atoms with Crippen molar-refractivity contribution in [2.45, 2.75) is 57.9 Å². The summed E-state index contributed by atoms with van der Waals surface area (Å²) in [6.45, 7) is 3.02. The SMILES string of the molecule is CCc1nc(N2CCCC3CCCCC32)sc1C(=O)O. The molecule has 1 aliphatic carbocycles. The molecule has 1 saturated carbocycles. The normalized spacial score (nSPS) is 26.4. The highest BCUT2D eigenvalue weighted by Gasteiger charge is 2.35. The third-order valence-electron chi connectivity index (χ3n) is 4.70. The number of nitrogens with zero attached hydrogens (tertiary/aromatic N) is 2. The summed E-state index contributed by atoms with van der Waals surface area (Å²) in [6, 6.07) is 0.593. The van der Waals surface area contributed by atoms with Crippen molar-refractivity contribution in [1.29, 1.82) is 0 Å². The Morgan fingerprint density at radius 3 is 2.80 bits per heavy atom. The lowest BCUT2D eigenvalue weighted by atomic mass is 9.78. The van der Waals surface area contributed by atoms with Crippen LogP contribution in [0.2, 0.25) is 0 Å². The number of hydrogen-bond donors (Lipinski definition) is 1. The van der Waals surface area contributed by atoms with Crippen LogP contribution < -0.4 is 4.90 Å². The Morgan fingerprint density at radius 2 is 2.10 bits per heavy atom. The van der Waals surface area contributed by atoms with Crippen LogP contribution in [0.4, 0.5) is 5.13 Å². The highest BCUT2D eigenvalue weighted by Crippen LogP contribution is 2.39. The van der Waals surface area contributed by atoms with E-state index in [1.807, 2.05) is 6.92 Å². The maximum atomic E-state index is 11.3. The minimum Gasteiger partial charge on any atom is -0.477 e. The van der Waals surface area contributed by atoms with Crippen LogP contribution in [0.5, 0.6) is 0 Å². The molecule has 2 aliphatic rings. The van der Waals surface area contributed by atoms with Crippen LogP contribution in [-0.2, 0) is 6.42 Å². The van der Waals surface area contributed by atoms with Gasteiger partial charge in [-0.1, -0.05) is 31.1 Å². The van der Waals surface area contributed by atoms with Crippen LogP contribution in [0, 0.1) is 5.92 Å². The second-order valence-corrected chi connectivity index (χ2v) is 6.86.